The maximum atomic E-state index is 14.4. The highest BCUT2D eigenvalue weighted by molar-refractivity contribution is 5.90. The van der Waals surface area contributed by atoms with Crippen molar-refractivity contribution >= 4 is 35.6 Å². The highest BCUT2D eigenvalue weighted by Crippen LogP contribution is 2.30. The number of hydrogen-bond acceptors (Lipinski definition) is 12. The lowest BCUT2D eigenvalue weighted by molar-refractivity contribution is -0.148. The van der Waals surface area contributed by atoms with Crippen LogP contribution in [-0.2, 0) is 54.1 Å². The monoisotopic (exact) mass is 976 g/mol. The summed E-state index contributed by atoms with van der Waals surface area (Å²) in [5.74, 6) is -2.41. The number of rotatable bonds is 30. The molecule has 1 aromatic rings. The number of likely N-dealkylation sites (tertiary alicyclic amines) is 1. The number of nitrogens with one attached hydrogen (secondary N) is 4. The number of nitrogens with zero attached hydrogens (tertiary/aromatic N) is 3. The Bertz CT molecular complexity index is 1720. The molecule has 0 aromatic heterocycles. The number of hydrogen-bond donors (Lipinski definition) is 4. The van der Waals surface area contributed by atoms with E-state index in [4.69, 9.17) is 23.7 Å². The van der Waals surface area contributed by atoms with Gasteiger partial charge in [-0.05, 0) is 71.0 Å². The summed E-state index contributed by atoms with van der Waals surface area (Å²) < 4.78 is 28.4. The van der Waals surface area contributed by atoms with Crippen LogP contribution in [-0.4, -0.2) is 180 Å². The number of likely N-dealkylation sites (N-methyl/N-ethyl adjacent to an activating group) is 2. The molecule has 1 aliphatic rings. The first-order valence-electron chi connectivity index (χ1n) is 24.8. The quantitative estimate of drug-likeness (QED) is 0.0807. The number of carbonyl (C=O) groups excluding carboxylic acids is 6. The third-order valence-corrected chi connectivity index (χ3v) is 12.7. The highest BCUT2D eigenvalue weighted by Gasteiger charge is 2.43. The maximum absolute atomic E-state index is 14.4. The second kappa shape index (κ2) is 30.4. The Kier molecular flexibility index (Phi) is 26.8. The van der Waals surface area contributed by atoms with Crippen molar-refractivity contribution in [3.05, 3.63) is 35.9 Å². The minimum atomic E-state index is -0.908. The van der Waals surface area contributed by atoms with Gasteiger partial charge in [-0.15, -0.1) is 0 Å². The van der Waals surface area contributed by atoms with Crippen molar-refractivity contribution in [3.8, 4) is 0 Å². The second-order valence-corrected chi connectivity index (χ2v) is 20.2. The van der Waals surface area contributed by atoms with Crippen LogP contribution in [0, 0.1) is 23.7 Å². The van der Waals surface area contributed by atoms with E-state index in [1.54, 1.807) is 51.7 Å². The fraction of sp³-hybridized carbons (Fsp3) is 0.765. The Balaban J connectivity index is 2.14. The van der Waals surface area contributed by atoms with Crippen LogP contribution in [0.3, 0.4) is 0 Å². The van der Waals surface area contributed by atoms with Gasteiger partial charge in [0.25, 0.3) is 0 Å². The Morgan fingerprint density at radius 1 is 0.783 bits per heavy atom. The van der Waals surface area contributed by atoms with E-state index in [1.807, 2.05) is 90.9 Å². The van der Waals surface area contributed by atoms with Gasteiger partial charge in [0, 0.05) is 47.3 Å². The number of carbonyl (C=O) groups is 6. The van der Waals surface area contributed by atoms with Gasteiger partial charge in [0.1, 0.15) is 17.7 Å². The Hall–Kier alpha value is -4.36. The topological polar surface area (TPSA) is 206 Å². The van der Waals surface area contributed by atoms with Gasteiger partial charge in [0.05, 0.1) is 69.1 Å². The molecule has 1 heterocycles. The summed E-state index contributed by atoms with van der Waals surface area (Å²) in [6.45, 7) is 20.9. The number of amides is 6. The third-order valence-electron chi connectivity index (χ3n) is 12.7. The number of benzene rings is 1. The van der Waals surface area contributed by atoms with E-state index in [0.29, 0.717) is 32.4 Å². The molecule has 69 heavy (non-hydrogen) atoms. The average molecular weight is 976 g/mol. The predicted molar refractivity (Wildman–Crippen MR) is 266 cm³/mol. The molecular formula is C51H89N7O11. The van der Waals surface area contributed by atoms with Crippen LogP contribution in [0.4, 0.5) is 4.79 Å². The van der Waals surface area contributed by atoms with E-state index >= 15 is 0 Å². The van der Waals surface area contributed by atoms with Crippen LogP contribution < -0.4 is 21.3 Å². The first-order valence-corrected chi connectivity index (χ1v) is 24.8. The molecule has 18 heteroatoms. The van der Waals surface area contributed by atoms with Crippen molar-refractivity contribution in [2.75, 3.05) is 81.4 Å². The summed E-state index contributed by atoms with van der Waals surface area (Å²) in [7, 11) is 8.49. The van der Waals surface area contributed by atoms with Crippen LogP contribution in [0.15, 0.2) is 30.3 Å². The minimum absolute atomic E-state index is 0.0191. The molecule has 1 saturated heterocycles. The van der Waals surface area contributed by atoms with Gasteiger partial charge in [-0.2, -0.15) is 0 Å². The number of alkyl carbamates (subject to hydrolysis) is 1. The summed E-state index contributed by atoms with van der Waals surface area (Å²) in [5, 5.41) is 11.5. The fourth-order valence-electron chi connectivity index (χ4n) is 9.00. The molecule has 1 aromatic carbocycles. The molecular weight excluding hydrogens is 887 g/mol. The summed E-state index contributed by atoms with van der Waals surface area (Å²) in [6.07, 6.45) is 0.367. The molecule has 0 spiro atoms. The fourth-order valence-corrected chi connectivity index (χ4v) is 9.00. The normalized spacial score (nSPS) is 17.6. The zero-order valence-corrected chi connectivity index (χ0v) is 44.6. The number of methoxy groups -OCH3 is 2. The molecule has 1 fully saturated rings. The van der Waals surface area contributed by atoms with Crippen molar-refractivity contribution in [3.63, 3.8) is 0 Å². The average Bonchev–Trinajstić information content (AvgIpc) is 3.77. The lowest BCUT2D eigenvalue weighted by Crippen LogP contribution is -2.59. The third kappa shape index (κ3) is 20.1. The van der Waals surface area contributed by atoms with Crippen LogP contribution in [0.25, 0.3) is 0 Å². The molecule has 0 unspecified atom stereocenters. The molecule has 2 rings (SSSR count). The first kappa shape index (κ1) is 60.8. The molecule has 0 aliphatic carbocycles. The zero-order chi connectivity index (χ0) is 52.0. The van der Waals surface area contributed by atoms with Crippen molar-refractivity contribution in [2.24, 2.45) is 23.7 Å². The van der Waals surface area contributed by atoms with Gasteiger partial charge in [-0.3, -0.25) is 28.9 Å². The van der Waals surface area contributed by atoms with Gasteiger partial charge in [0.15, 0.2) is 0 Å². The van der Waals surface area contributed by atoms with Crippen LogP contribution in [0.5, 0.6) is 0 Å². The standard InChI is InChI=1S/C51H89N7O11/c1-16-35(6)44(57(13)49(63)42(33(2)3)55-48(62)43(34(4)5)56(11)12)40(65-14)32-41(59)58-26-20-23-39(58)45(66-15)36(7)46(60)54-38(31-37-21-18-17-19-22-37)47(61)52-24-27-67-29-30-68-28-25-53-50(64)69-51(8,9)10/h17-19,21-22,33-36,38-40,42-45H,16,20,23-32H2,1-15H3,(H,52,61)(H,53,64)(H,54,60)(H,55,62)/t35-,36+,38+,39-,40+,42+,43-,44-,45+/m0/s1. The summed E-state index contributed by atoms with van der Waals surface area (Å²) in [6, 6.07) is 6.36. The zero-order valence-electron chi connectivity index (χ0n) is 44.6. The van der Waals surface area contributed by atoms with Gasteiger partial charge >= 0.3 is 6.09 Å². The number of ether oxygens (including phenoxy) is 5. The molecule has 6 amide bonds. The predicted octanol–water partition coefficient (Wildman–Crippen LogP) is 4.04. The van der Waals surface area contributed by atoms with E-state index in [0.717, 1.165) is 5.56 Å². The molecule has 4 N–H and O–H groups in total. The molecule has 1 aliphatic heterocycles. The van der Waals surface area contributed by atoms with Crippen molar-refractivity contribution in [1.29, 1.82) is 0 Å². The van der Waals surface area contributed by atoms with Crippen molar-refractivity contribution in [2.45, 2.75) is 149 Å². The molecule has 0 saturated carbocycles. The largest absolute Gasteiger partial charge is 0.444 e. The molecule has 394 valence electrons. The van der Waals surface area contributed by atoms with E-state index in [9.17, 15) is 28.8 Å². The van der Waals surface area contributed by atoms with Gasteiger partial charge < -0.3 is 54.8 Å². The highest BCUT2D eigenvalue weighted by atomic mass is 16.6. The van der Waals surface area contributed by atoms with Crippen molar-refractivity contribution in [1.82, 2.24) is 36.0 Å². The van der Waals surface area contributed by atoms with Crippen LogP contribution in [0.2, 0.25) is 0 Å². The summed E-state index contributed by atoms with van der Waals surface area (Å²) in [4.78, 5) is 87.1. The van der Waals surface area contributed by atoms with Gasteiger partial charge in [0.2, 0.25) is 29.5 Å². The van der Waals surface area contributed by atoms with E-state index in [2.05, 4.69) is 21.3 Å². The molecule has 9 atom stereocenters. The molecule has 18 nitrogen and oxygen atoms in total. The smallest absolute Gasteiger partial charge is 0.407 e. The summed E-state index contributed by atoms with van der Waals surface area (Å²) in [5.41, 5.74) is 0.277. The lowest BCUT2D eigenvalue weighted by atomic mass is 9.89. The Labute approximate surface area is 413 Å². The summed E-state index contributed by atoms with van der Waals surface area (Å²) >= 11 is 0. The SMILES string of the molecule is CC[C@H](C)[C@@H]([C@@H](CC(=O)N1CCC[C@H]1[C@H](OC)[C@@H](C)C(=O)N[C@H](Cc1ccccc1)C(=O)NCCOCCOCCNC(=O)OC(C)(C)C)OC)N(C)C(=O)[C@H](NC(=O)[C@H](C(C)C)N(C)C)C(C)C. The molecule has 0 radical (unpaired) electrons. The van der Waals surface area contributed by atoms with E-state index in [1.165, 1.54) is 7.11 Å². The van der Waals surface area contributed by atoms with Gasteiger partial charge in [-0.1, -0.05) is 85.2 Å². The minimum Gasteiger partial charge on any atom is -0.444 e. The van der Waals surface area contributed by atoms with E-state index in [-0.39, 0.29) is 87.1 Å². The Morgan fingerprint density at radius 2 is 1.39 bits per heavy atom. The maximum Gasteiger partial charge on any atom is 0.407 e. The van der Waals surface area contributed by atoms with Crippen LogP contribution >= 0.6 is 0 Å². The Morgan fingerprint density at radius 3 is 1.91 bits per heavy atom. The van der Waals surface area contributed by atoms with Gasteiger partial charge in [-0.25, -0.2) is 4.79 Å². The van der Waals surface area contributed by atoms with Crippen LogP contribution in [0.1, 0.15) is 100 Å². The lowest BCUT2D eigenvalue weighted by Gasteiger charge is -2.41. The second-order valence-electron chi connectivity index (χ2n) is 20.2. The van der Waals surface area contributed by atoms with E-state index < -0.39 is 65.9 Å². The van der Waals surface area contributed by atoms with Crippen molar-refractivity contribution < 1.29 is 52.5 Å². The first-order chi connectivity index (χ1) is 32.5. The molecule has 0 bridgehead atoms.